The first-order valence-electron chi connectivity index (χ1n) is 7.66. The van der Waals surface area contributed by atoms with Gasteiger partial charge in [0.1, 0.15) is 0 Å². The van der Waals surface area contributed by atoms with Gasteiger partial charge in [-0.1, -0.05) is 36.6 Å². The highest BCUT2D eigenvalue weighted by Gasteiger charge is 2.19. The van der Waals surface area contributed by atoms with Crippen LogP contribution in [0.2, 0.25) is 5.02 Å². The van der Waals surface area contributed by atoms with E-state index in [4.69, 9.17) is 16.7 Å². The fourth-order valence-corrected chi connectivity index (χ4v) is 3.36. The zero-order chi connectivity index (χ0) is 14.7. The van der Waals surface area contributed by atoms with E-state index in [1.165, 1.54) is 25.7 Å². The molecular weight excluding hydrogens is 284 g/mol. The van der Waals surface area contributed by atoms with E-state index in [1.807, 2.05) is 24.3 Å². The maximum Gasteiger partial charge on any atom is 0.0631 e. The first kappa shape index (κ1) is 14.6. The van der Waals surface area contributed by atoms with Crippen LogP contribution in [0.15, 0.2) is 36.5 Å². The molecule has 0 saturated heterocycles. The molecule has 4 heteroatoms. The first-order chi connectivity index (χ1) is 10.3. The van der Waals surface area contributed by atoms with E-state index in [-0.39, 0.29) is 12.5 Å². The van der Waals surface area contributed by atoms with Crippen LogP contribution >= 0.6 is 11.6 Å². The summed E-state index contributed by atoms with van der Waals surface area (Å²) in [6, 6.07) is 10.4. The molecule has 0 radical (unpaired) electrons. The number of hydrogen-bond donors (Lipinski definition) is 1. The third-order valence-electron chi connectivity index (χ3n) is 4.36. The minimum absolute atomic E-state index is 0.0515. The number of hydrogen-bond acceptors (Lipinski definition) is 2. The summed E-state index contributed by atoms with van der Waals surface area (Å²) in [5.41, 5.74) is 2.11. The van der Waals surface area contributed by atoms with Crippen LogP contribution in [0.1, 0.15) is 48.9 Å². The summed E-state index contributed by atoms with van der Waals surface area (Å²) in [7, 11) is 0. The Morgan fingerprint density at radius 3 is 2.81 bits per heavy atom. The molecule has 112 valence electrons. The highest BCUT2D eigenvalue weighted by atomic mass is 35.5. The quantitative estimate of drug-likeness (QED) is 0.907. The molecule has 3 nitrogen and oxygen atoms in total. The lowest BCUT2D eigenvalue weighted by atomic mass is 9.95. The van der Waals surface area contributed by atoms with E-state index in [9.17, 15) is 5.11 Å². The van der Waals surface area contributed by atoms with E-state index < -0.39 is 0 Å². The molecule has 0 spiro atoms. The number of nitrogens with zero attached hydrogens (tertiary/aromatic N) is 2. The van der Waals surface area contributed by atoms with Gasteiger partial charge in [0.15, 0.2) is 0 Å². The van der Waals surface area contributed by atoms with Gasteiger partial charge in [0.05, 0.1) is 18.3 Å². The second-order valence-corrected chi connectivity index (χ2v) is 6.30. The largest absolute Gasteiger partial charge is 0.396 e. The monoisotopic (exact) mass is 304 g/mol. The number of aromatic nitrogens is 2. The zero-order valence-corrected chi connectivity index (χ0v) is 12.8. The molecule has 21 heavy (non-hydrogen) atoms. The van der Waals surface area contributed by atoms with Gasteiger partial charge in [-0.05, 0) is 36.6 Å². The van der Waals surface area contributed by atoms with Crippen LogP contribution in [0, 0.1) is 0 Å². The molecule has 1 fully saturated rings. The lowest BCUT2D eigenvalue weighted by Crippen LogP contribution is -2.10. The Kier molecular flexibility index (Phi) is 4.61. The summed E-state index contributed by atoms with van der Waals surface area (Å²) < 4.78 is 2.11. The molecule has 1 aromatic heterocycles. The van der Waals surface area contributed by atoms with Crippen LogP contribution in [-0.4, -0.2) is 21.5 Å². The van der Waals surface area contributed by atoms with Crippen molar-refractivity contribution in [1.82, 2.24) is 9.78 Å². The van der Waals surface area contributed by atoms with Gasteiger partial charge in [-0.3, -0.25) is 4.68 Å². The van der Waals surface area contributed by atoms with E-state index in [0.29, 0.717) is 11.1 Å². The minimum Gasteiger partial charge on any atom is -0.396 e. The second-order valence-electron chi connectivity index (χ2n) is 5.86. The van der Waals surface area contributed by atoms with Crippen molar-refractivity contribution in [2.24, 2.45) is 0 Å². The molecule has 2 aromatic rings. The van der Waals surface area contributed by atoms with Crippen LogP contribution in [0.3, 0.4) is 0 Å². The normalized spacial score (nSPS) is 17.2. The van der Waals surface area contributed by atoms with Gasteiger partial charge in [-0.2, -0.15) is 5.10 Å². The van der Waals surface area contributed by atoms with Crippen molar-refractivity contribution in [2.75, 3.05) is 6.61 Å². The molecule has 1 saturated carbocycles. The van der Waals surface area contributed by atoms with E-state index >= 15 is 0 Å². The van der Waals surface area contributed by atoms with Gasteiger partial charge in [-0.15, -0.1) is 0 Å². The Morgan fingerprint density at radius 1 is 1.29 bits per heavy atom. The van der Waals surface area contributed by atoms with Crippen molar-refractivity contribution in [1.29, 1.82) is 0 Å². The predicted octanol–water partition coefficient (Wildman–Crippen LogP) is 3.97. The van der Waals surface area contributed by atoms with Crippen LogP contribution in [0.25, 0.3) is 0 Å². The number of aliphatic hydroxyl groups is 1. The molecular formula is C17H21ClN2O. The van der Waals surface area contributed by atoms with Crippen molar-refractivity contribution < 1.29 is 5.11 Å². The Balaban J connectivity index is 1.72. The summed E-state index contributed by atoms with van der Waals surface area (Å²) >= 11 is 6.04. The fraction of sp³-hybridized carbons (Fsp3) is 0.471. The summed E-state index contributed by atoms with van der Waals surface area (Å²) in [5, 5.41) is 15.1. The SMILES string of the molecule is OCC(Cc1ccn(C2CCCC2)n1)c1cccc(Cl)c1. The third kappa shape index (κ3) is 3.47. The third-order valence-corrected chi connectivity index (χ3v) is 4.59. The zero-order valence-electron chi connectivity index (χ0n) is 12.1. The lowest BCUT2D eigenvalue weighted by Gasteiger charge is -2.14. The van der Waals surface area contributed by atoms with Crippen LogP contribution < -0.4 is 0 Å². The molecule has 1 heterocycles. The fourth-order valence-electron chi connectivity index (χ4n) is 3.16. The standard InChI is InChI=1S/C17H21ClN2O/c18-15-5-3-4-13(10-15)14(12-21)11-16-8-9-20(19-16)17-6-1-2-7-17/h3-5,8-10,14,17,21H,1-2,6-7,11-12H2. The molecule has 0 aliphatic heterocycles. The highest BCUT2D eigenvalue weighted by molar-refractivity contribution is 6.30. The Labute approximate surface area is 130 Å². The first-order valence-corrected chi connectivity index (χ1v) is 8.04. The molecule has 0 amide bonds. The predicted molar refractivity (Wildman–Crippen MR) is 84.7 cm³/mol. The van der Waals surface area contributed by atoms with Crippen molar-refractivity contribution in [3.8, 4) is 0 Å². The molecule has 1 atom stereocenters. The van der Waals surface area contributed by atoms with Gasteiger partial charge < -0.3 is 5.11 Å². The van der Waals surface area contributed by atoms with Crippen molar-refractivity contribution in [2.45, 2.75) is 44.1 Å². The van der Waals surface area contributed by atoms with Crippen molar-refractivity contribution >= 4 is 11.6 Å². The highest BCUT2D eigenvalue weighted by Crippen LogP contribution is 2.29. The summed E-state index contributed by atoms with van der Waals surface area (Å²) in [6.45, 7) is 0.108. The molecule has 1 unspecified atom stereocenters. The lowest BCUT2D eigenvalue weighted by molar-refractivity contribution is 0.263. The average molecular weight is 305 g/mol. The van der Waals surface area contributed by atoms with Crippen molar-refractivity contribution in [3.63, 3.8) is 0 Å². The van der Waals surface area contributed by atoms with Gasteiger partial charge in [0.2, 0.25) is 0 Å². The molecule has 1 aromatic carbocycles. The Bertz CT molecular complexity index is 590. The van der Waals surface area contributed by atoms with E-state index in [1.54, 1.807) is 0 Å². The Morgan fingerprint density at radius 2 is 2.10 bits per heavy atom. The number of aliphatic hydroxyl groups excluding tert-OH is 1. The van der Waals surface area contributed by atoms with Crippen LogP contribution in [0.4, 0.5) is 0 Å². The van der Waals surface area contributed by atoms with E-state index in [2.05, 4.69) is 16.9 Å². The maximum absolute atomic E-state index is 9.67. The van der Waals surface area contributed by atoms with Crippen LogP contribution in [-0.2, 0) is 6.42 Å². The summed E-state index contributed by atoms with van der Waals surface area (Å²) in [6.07, 6.45) is 7.91. The van der Waals surface area contributed by atoms with Gasteiger partial charge in [0, 0.05) is 23.6 Å². The summed E-state index contributed by atoms with van der Waals surface area (Å²) in [4.78, 5) is 0. The molecule has 0 bridgehead atoms. The van der Waals surface area contributed by atoms with Gasteiger partial charge >= 0.3 is 0 Å². The Hall–Kier alpha value is -1.32. The smallest absolute Gasteiger partial charge is 0.0631 e. The molecule has 1 aliphatic carbocycles. The maximum atomic E-state index is 9.67. The van der Waals surface area contributed by atoms with Crippen LogP contribution in [0.5, 0.6) is 0 Å². The summed E-state index contributed by atoms with van der Waals surface area (Å²) in [5.74, 6) is 0.0515. The topological polar surface area (TPSA) is 38.0 Å². The van der Waals surface area contributed by atoms with E-state index in [0.717, 1.165) is 17.7 Å². The number of halogens is 1. The average Bonchev–Trinajstić information content (AvgIpc) is 3.15. The van der Waals surface area contributed by atoms with Gasteiger partial charge in [-0.25, -0.2) is 0 Å². The molecule has 1 aliphatic rings. The van der Waals surface area contributed by atoms with Gasteiger partial charge in [0.25, 0.3) is 0 Å². The number of benzene rings is 1. The van der Waals surface area contributed by atoms with Crippen molar-refractivity contribution in [3.05, 3.63) is 52.8 Å². The molecule has 1 N–H and O–H groups in total. The minimum atomic E-state index is 0.0515. The second kappa shape index (κ2) is 6.63. The molecule has 3 rings (SSSR count). The number of rotatable bonds is 5.